The zero-order chi connectivity index (χ0) is 20.3. The molecule has 0 heterocycles. The number of allylic oxidation sites excluding steroid dienone is 2. The molecule has 0 bridgehead atoms. The molecule has 144 valence electrons. The van der Waals surface area contributed by atoms with Gasteiger partial charge in [-0.3, -0.25) is 0 Å². The van der Waals surface area contributed by atoms with Gasteiger partial charge in [0.1, 0.15) is 0 Å². The molecule has 0 amide bonds. The molecular weight excluding hydrogens is 360 g/mol. The van der Waals surface area contributed by atoms with Crippen LogP contribution in [0.3, 0.4) is 0 Å². The minimum atomic E-state index is -2.15. The van der Waals surface area contributed by atoms with Gasteiger partial charge in [-0.15, -0.1) is 0 Å². The molecule has 2 rings (SSSR count). The molecule has 0 saturated carbocycles. The van der Waals surface area contributed by atoms with Crippen molar-refractivity contribution in [1.29, 1.82) is 0 Å². The average molecular weight is 381 g/mol. The van der Waals surface area contributed by atoms with Gasteiger partial charge in [-0.05, 0) is 24.4 Å². The fourth-order valence-corrected chi connectivity index (χ4v) is 3.28. The van der Waals surface area contributed by atoms with Crippen LogP contribution in [0.4, 0.5) is 27.6 Å². The Labute approximate surface area is 156 Å². The predicted octanol–water partition coefficient (Wildman–Crippen LogP) is 4.34. The lowest BCUT2D eigenvalue weighted by Crippen LogP contribution is -2.50. The maximum Gasteiger partial charge on any atom is 0.247 e. The van der Waals surface area contributed by atoms with Gasteiger partial charge in [0, 0.05) is 25.2 Å². The summed E-state index contributed by atoms with van der Waals surface area (Å²) in [4.78, 5) is 1.74. The summed E-state index contributed by atoms with van der Waals surface area (Å²) < 4.78 is 70.6. The molecule has 0 radical (unpaired) electrons. The van der Waals surface area contributed by atoms with E-state index in [0.29, 0.717) is 29.5 Å². The Kier molecular flexibility index (Phi) is 6.68. The highest BCUT2D eigenvalue weighted by Crippen LogP contribution is 2.22. The van der Waals surface area contributed by atoms with E-state index in [4.69, 9.17) is 0 Å². The summed E-state index contributed by atoms with van der Waals surface area (Å²) in [7, 11) is 3.51. The minimum Gasteiger partial charge on any atom is -0.378 e. The second-order valence-electron chi connectivity index (χ2n) is 6.41. The lowest BCUT2D eigenvalue weighted by Gasteiger charge is -2.25. The molecule has 27 heavy (non-hydrogen) atoms. The van der Waals surface area contributed by atoms with E-state index in [9.17, 15) is 22.0 Å². The summed E-state index contributed by atoms with van der Waals surface area (Å²) in [6.07, 6.45) is 2.74. The van der Waals surface area contributed by atoms with E-state index in [2.05, 4.69) is 0 Å². The molecule has 0 aliphatic rings. The number of halogens is 5. The summed E-state index contributed by atoms with van der Waals surface area (Å²) in [6.45, 7) is 2.56. The summed E-state index contributed by atoms with van der Waals surface area (Å²) >= 11 is 0. The van der Waals surface area contributed by atoms with Crippen molar-refractivity contribution >= 4 is 23.3 Å². The van der Waals surface area contributed by atoms with Crippen LogP contribution in [0.15, 0.2) is 35.8 Å². The Hall–Kier alpha value is -2.31. The first kappa shape index (κ1) is 21.0. The van der Waals surface area contributed by atoms with Crippen LogP contribution in [0.5, 0.6) is 0 Å². The molecule has 0 saturated heterocycles. The van der Waals surface area contributed by atoms with Crippen LogP contribution >= 0.6 is 0 Å². The van der Waals surface area contributed by atoms with Crippen molar-refractivity contribution in [3.8, 4) is 0 Å². The number of benzene rings is 2. The van der Waals surface area contributed by atoms with Gasteiger partial charge in [0.25, 0.3) is 0 Å². The number of rotatable bonds is 6. The first-order chi connectivity index (χ1) is 12.8. The monoisotopic (exact) mass is 381 g/mol. The summed E-state index contributed by atoms with van der Waals surface area (Å²) in [5.41, 5.74) is 0.895. The Morgan fingerprint density at radius 1 is 0.889 bits per heavy atom. The molecule has 2 aromatic carbocycles. The second kappa shape index (κ2) is 8.59. The van der Waals surface area contributed by atoms with Crippen LogP contribution in [0.25, 0.3) is 0 Å². The van der Waals surface area contributed by atoms with Gasteiger partial charge in [0.05, 0.1) is 0 Å². The van der Waals surface area contributed by atoms with Crippen molar-refractivity contribution in [2.24, 2.45) is 0 Å². The molecule has 0 atom stereocenters. The standard InChI is InChI=1S/C20H21BF5N/c1-5-9-12(6-2)21(13-10-7-8-11-14(13)27(3)4)15-16(22)18(24)20(26)19(25)17(15)23/h7-11H,5-6H2,1-4H3/b12-9+. The predicted molar refractivity (Wildman–Crippen MR) is 101 cm³/mol. The largest absolute Gasteiger partial charge is 0.378 e. The third kappa shape index (κ3) is 3.87. The van der Waals surface area contributed by atoms with E-state index in [1.54, 1.807) is 56.3 Å². The Balaban J connectivity index is 2.92. The van der Waals surface area contributed by atoms with Crippen molar-refractivity contribution in [2.45, 2.75) is 26.7 Å². The summed E-state index contributed by atoms with van der Waals surface area (Å²) in [5.74, 6) is -9.59. The highest BCUT2D eigenvalue weighted by molar-refractivity contribution is 6.92. The van der Waals surface area contributed by atoms with Crippen molar-refractivity contribution in [3.63, 3.8) is 0 Å². The quantitative estimate of drug-likeness (QED) is 0.311. The highest BCUT2D eigenvalue weighted by Gasteiger charge is 2.36. The Morgan fingerprint density at radius 3 is 1.89 bits per heavy atom. The third-order valence-electron chi connectivity index (χ3n) is 4.51. The van der Waals surface area contributed by atoms with E-state index in [1.807, 2.05) is 6.92 Å². The Morgan fingerprint density at radius 2 is 1.41 bits per heavy atom. The van der Waals surface area contributed by atoms with Gasteiger partial charge in [-0.2, -0.15) is 0 Å². The fourth-order valence-electron chi connectivity index (χ4n) is 3.28. The van der Waals surface area contributed by atoms with E-state index in [1.165, 1.54) is 0 Å². The maximum absolute atomic E-state index is 14.6. The number of hydrogen-bond acceptors (Lipinski definition) is 1. The van der Waals surface area contributed by atoms with Gasteiger partial charge >= 0.3 is 0 Å². The molecule has 0 spiro atoms. The van der Waals surface area contributed by atoms with E-state index in [-0.39, 0.29) is 0 Å². The molecule has 2 aromatic rings. The second-order valence-corrected chi connectivity index (χ2v) is 6.41. The molecule has 7 heteroatoms. The topological polar surface area (TPSA) is 3.24 Å². The highest BCUT2D eigenvalue weighted by atomic mass is 19.2. The van der Waals surface area contributed by atoms with E-state index in [0.717, 1.165) is 0 Å². The zero-order valence-corrected chi connectivity index (χ0v) is 15.7. The normalized spacial score (nSPS) is 11.7. The van der Waals surface area contributed by atoms with Crippen LogP contribution in [-0.4, -0.2) is 20.8 Å². The van der Waals surface area contributed by atoms with Crippen LogP contribution in [0.1, 0.15) is 26.7 Å². The van der Waals surface area contributed by atoms with Crippen molar-refractivity contribution < 1.29 is 22.0 Å². The lowest BCUT2D eigenvalue weighted by atomic mass is 9.35. The number of nitrogens with zero attached hydrogens (tertiary/aromatic N) is 1. The Bertz CT molecular complexity index is 835. The lowest BCUT2D eigenvalue weighted by molar-refractivity contribution is 0.384. The van der Waals surface area contributed by atoms with Crippen molar-refractivity contribution in [2.75, 3.05) is 19.0 Å². The number of para-hydroxylation sites is 1. The average Bonchev–Trinajstić information content (AvgIpc) is 2.66. The van der Waals surface area contributed by atoms with Crippen LogP contribution < -0.4 is 15.8 Å². The van der Waals surface area contributed by atoms with Gasteiger partial charge in [0.15, 0.2) is 29.1 Å². The van der Waals surface area contributed by atoms with Gasteiger partial charge in [0.2, 0.25) is 6.71 Å². The molecule has 0 fully saturated rings. The molecule has 0 aliphatic carbocycles. The molecule has 0 N–H and O–H groups in total. The minimum absolute atomic E-state index is 0.403. The summed E-state index contributed by atoms with van der Waals surface area (Å²) in [6, 6.07) is 6.83. The van der Waals surface area contributed by atoms with Crippen LogP contribution in [0.2, 0.25) is 0 Å². The number of anilines is 1. The van der Waals surface area contributed by atoms with E-state index < -0.39 is 41.3 Å². The van der Waals surface area contributed by atoms with Crippen LogP contribution in [0, 0.1) is 29.1 Å². The van der Waals surface area contributed by atoms with Gasteiger partial charge < -0.3 is 4.90 Å². The molecular formula is C20H21BF5N. The van der Waals surface area contributed by atoms with Crippen LogP contribution in [-0.2, 0) is 0 Å². The molecule has 0 unspecified atom stereocenters. The first-order valence-electron chi connectivity index (χ1n) is 8.72. The smallest absolute Gasteiger partial charge is 0.247 e. The molecule has 0 aromatic heterocycles. The number of hydrogen-bond donors (Lipinski definition) is 0. The van der Waals surface area contributed by atoms with E-state index >= 15 is 0 Å². The van der Waals surface area contributed by atoms with Crippen molar-refractivity contribution in [3.05, 3.63) is 64.9 Å². The molecule has 1 nitrogen and oxygen atoms in total. The third-order valence-corrected chi connectivity index (χ3v) is 4.51. The molecule has 0 aliphatic heterocycles. The van der Waals surface area contributed by atoms with Gasteiger partial charge in [-0.1, -0.05) is 43.6 Å². The maximum atomic E-state index is 14.6. The van der Waals surface area contributed by atoms with Crippen molar-refractivity contribution in [1.82, 2.24) is 0 Å². The first-order valence-corrected chi connectivity index (χ1v) is 8.72. The van der Waals surface area contributed by atoms with Gasteiger partial charge in [-0.25, -0.2) is 22.0 Å². The summed E-state index contributed by atoms with van der Waals surface area (Å²) in [5, 5.41) is 0. The fraction of sp³-hybridized carbons (Fsp3) is 0.300. The SMILES string of the molecule is CC/C=C(\CC)B(c1ccccc1N(C)C)c1c(F)c(F)c(F)c(F)c1F. The zero-order valence-electron chi connectivity index (χ0n) is 15.7.